The van der Waals surface area contributed by atoms with Gasteiger partial charge in [-0.05, 0) is 12.5 Å². The van der Waals surface area contributed by atoms with Crippen molar-refractivity contribution in [2.24, 2.45) is 0 Å². The maximum absolute atomic E-state index is 11.1. The maximum atomic E-state index is 11.1. The lowest BCUT2D eigenvalue weighted by Crippen LogP contribution is -2.06. The molecule has 0 spiro atoms. The Bertz CT molecular complexity index is 679. The highest BCUT2D eigenvalue weighted by Gasteiger charge is 2.18. The van der Waals surface area contributed by atoms with Crippen LogP contribution in [0.2, 0.25) is 0 Å². The van der Waals surface area contributed by atoms with Gasteiger partial charge in [0.1, 0.15) is 17.7 Å². The fourth-order valence-corrected chi connectivity index (χ4v) is 1.47. The molecule has 0 unspecified atom stereocenters. The van der Waals surface area contributed by atoms with Crippen molar-refractivity contribution in [1.29, 1.82) is 10.5 Å². The third-order valence-corrected chi connectivity index (χ3v) is 2.36. The van der Waals surface area contributed by atoms with Gasteiger partial charge in [0.05, 0.1) is 16.2 Å². The molecule has 100 valence electrons. The van der Waals surface area contributed by atoms with E-state index in [9.17, 15) is 14.9 Å². The number of hydrogen-bond donors (Lipinski definition) is 2. The minimum absolute atomic E-state index is 0.0890. The second-order valence-corrected chi connectivity index (χ2v) is 3.67. The number of allylic oxidation sites excluding steroid dienone is 1. The average Bonchev–Trinajstić information content (AvgIpc) is 2.40. The second-order valence-electron chi connectivity index (χ2n) is 3.67. The van der Waals surface area contributed by atoms with E-state index in [1.54, 1.807) is 12.1 Å². The van der Waals surface area contributed by atoms with Gasteiger partial charge in [-0.15, -0.1) is 0 Å². The van der Waals surface area contributed by atoms with Crippen molar-refractivity contribution in [2.45, 2.75) is 6.92 Å². The second kappa shape index (κ2) is 5.98. The molecule has 0 heterocycles. The summed E-state index contributed by atoms with van der Waals surface area (Å²) in [5, 5.41) is 39.4. The number of benzene rings is 1. The summed E-state index contributed by atoms with van der Waals surface area (Å²) in [6, 6.07) is 5.31. The monoisotopic (exact) mass is 272 g/mol. The molecule has 0 aliphatic heterocycles. The third-order valence-electron chi connectivity index (χ3n) is 2.36. The Morgan fingerprint density at radius 1 is 1.45 bits per heavy atom. The molecule has 2 N–H and O–H groups in total. The highest BCUT2D eigenvalue weighted by atomic mass is 16.6. The van der Waals surface area contributed by atoms with E-state index in [1.807, 2.05) is 0 Å². The number of carbonyl (C=O) groups is 1. The van der Waals surface area contributed by atoms with Gasteiger partial charge in [0.2, 0.25) is 0 Å². The topological polar surface area (TPSA) is 140 Å². The Labute approximate surface area is 113 Å². The molecule has 0 saturated heterocycles. The minimum atomic E-state index is -1.36. The zero-order valence-corrected chi connectivity index (χ0v) is 10.2. The van der Waals surface area contributed by atoms with Gasteiger partial charge in [0.25, 0.3) is 5.69 Å². The first-order valence-corrected chi connectivity index (χ1v) is 5.20. The summed E-state index contributed by atoms with van der Waals surface area (Å²) in [4.78, 5) is 21.1. The lowest BCUT2D eigenvalue weighted by molar-refractivity contribution is -0.384. The molecule has 0 amide bonds. The van der Waals surface area contributed by atoms with Crippen molar-refractivity contribution >= 4 is 17.3 Å². The Morgan fingerprint density at radius 2 is 2.05 bits per heavy atom. The number of nitro benzene ring substituents is 1. The zero-order valence-electron chi connectivity index (χ0n) is 10.2. The molecule has 1 rings (SSSR count). The van der Waals surface area contributed by atoms with Crippen LogP contribution >= 0.6 is 0 Å². The quantitative estimate of drug-likeness (QED) is 0.484. The molecular formula is C12H8N4O4. The van der Waals surface area contributed by atoms with E-state index in [0.717, 1.165) is 12.3 Å². The molecule has 8 nitrogen and oxygen atoms in total. The van der Waals surface area contributed by atoms with E-state index < -0.39 is 10.9 Å². The normalized spacial score (nSPS) is 8.95. The molecule has 0 bridgehead atoms. The van der Waals surface area contributed by atoms with Crippen LogP contribution in [0.15, 0.2) is 23.9 Å². The SMILES string of the molecule is Cc1cc([N+](=O)[O-])cc(C(=O)O)c1NC=C(C#N)C#N. The van der Waals surface area contributed by atoms with E-state index >= 15 is 0 Å². The molecule has 0 fully saturated rings. The van der Waals surface area contributed by atoms with Crippen molar-refractivity contribution in [3.05, 3.63) is 45.1 Å². The summed E-state index contributed by atoms with van der Waals surface area (Å²) in [7, 11) is 0. The fourth-order valence-electron chi connectivity index (χ4n) is 1.47. The molecule has 0 aliphatic rings. The highest BCUT2D eigenvalue weighted by Crippen LogP contribution is 2.27. The van der Waals surface area contributed by atoms with E-state index in [-0.39, 0.29) is 22.5 Å². The number of nitro groups is 1. The lowest BCUT2D eigenvalue weighted by Gasteiger charge is -2.09. The first-order chi connectivity index (χ1) is 9.40. The number of nitrogens with zero attached hydrogens (tertiary/aromatic N) is 3. The van der Waals surface area contributed by atoms with Gasteiger partial charge >= 0.3 is 5.97 Å². The number of hydrogen-bond acceptors (Lipinski definition) is 6. The van der Waals surface area contributed by atoms with Crippen molar-refractivity contribution in [2.75, 3.05) is 5.32 Å². The van der Waals surface area contributed by atoms with Gasteiger partial charge in [0.15, 0.2) is 0 Å². The number of rotatable bonds is 4. The smallest absolute Gasteiger partial charge is 0.338 e. The summed E-state index contributed by atoms with van der Waals surface area (Å²) >= 11 is 0. The van der Waals surface area contributed by atoms with E-state index in [1.165, 1.54) is 13.0 Å². The Hall–Kier alpha value is -3.39. The van der Waals surface area contributed by atoms with Crippen LogP contribution in [-0.4, -0.2) is 16.0 Å². The van der Waals surface area contributed by atoms with Gasteiger partial charge in [0, 0.05) is 18.3 Å². The molecule has 1 aromatic rings. The largest absolute Gasteiger partial charge is 0.478 e. The van der Waals surface area contributed by atoms with Crippen LogP contribution in [0.5, 0.6) is 0 Å². The van der Waals surface area contributed by atoms with Crippen molar-refractivity contribution in [3.8, 4) is 12.1 Å². The number of carboxylic acids is 1. The van der Waals surface area contributed by atoms with Crippen LogP contribution in [-0.2, 0) is 0 Å². The van der Waals surface area contributed by atoms with Gasteiger partial charge < -0.3 is 10.4 Å². The summed E-state index contributed by atoms with van der Waals surface area (Å²) in [5.74, 6) is -1.36. The molecule has 1 aromatic carbocycles. The summed E-state index contributed by atoms with van der Waals surface area (Å²) in [6.07, 6.45) is 1.04. The van der Waals surface area contributed by atoms with E-state index in [0.29, 0.717) is 5.56 Å². The Morgan fingerprint density at radius 3 is 2.50 bits per heavy atom. The van der Waals surface area contributed by atoms with Crippen molar-refractivity contribution in [1.82, 2.24) is 0 Å². The fraction of sp³-hybridized carbons (Fsp3) is 0.0833. The average molecular weight is 272 g/mol. The van der Waals surface area contributed by atoms with Crippen LogP contribution in [0.4, 0.5) is 11.4 Å². The van der Waals surface area contributed by atoms with Gasteiger partial charge in [-0.3, -0.25) is 10.1 Å². The summed E-state index contributed by atoms with van der Waals surface area (Å²) in [6.45, 7) is 1.48. The van der Waals surface area contributed by atoms with Crippen molar-refractivity contribution < 1.29 is 14.8 Å². The number of carboxylic acid groups (broad SMARTS) is 1. The lowest BCUT2D eigenvalue weighted by atomic mass is 10.1. The first-order valence-electron chi connectivity index (χ1n) is 5.20. The number of non-ortho nitro benzene ring substituents is 1. The number of aryl methyl sites for hydroxylation is 1. The minimum Gasteiger partial charge on any atom is -0.478 e. The molecule has 0 aliphatic carbocycles. The predicted octanol–water partition coefficient (Wildman–Crippen LogP) is 1.94. The van der Waals surface area contributed by atoms with E-state index in [2.05, 4.69) is 5.32 Å². The van der Waals surface area contributed by atoms with Crippen LogP contribution in [0.1, 0.15) is 15.9 Å². The molecule has 0 atom stereocenters. The molecule has 0 saturated carbocycles. The number of nitrogens with one attached hydrogen (secondary N) is 1. The number of nitriles is 2. The third kappa shape index (κ3) is 3.09. The number of aromatic carboxylic acids is 1. The summed E-state index contributed by atoms with van der Waals surface area (Å²) < 4.78 is 0. The Balaban J connectivity index is 3.37. The van der Waals surface area contributed by atoms with Crippen LogP contribution in [0.3, 0.4) is 0 Å². The van der Waals surface area contributed by atoms with Crippen molar-refractivity contribution in [3.63, 3.8) is 0 Å². The van der Waals surface area contributed by atoms with Gasteiger partial charge in [-0.25, -0.2) is 4.79 Å². The first kappa shape index (κ1) is 14.7. The molecule has 8 heteroatoms. The highest BCUT2D eigenvalue weighted by molar-refractivity contribution is 5.96. The zero-order chi connectivity index (χ0) is 15.3. The summed E-state index contributed by atoms with van der Waals surface area (Å²) in [5.41, 5.74) is -0.522. The predicted molar refractivity (Wildman–Crippen MR) is 67.7 cm³/mol. The molecular weight excluding hydrogens is 264 g/mol. The van der Waals surface area contributed by atoms with Crippen LogP contribution in [0.25, 0.3) is 0 Å². The van der Waals surface area contributed by atoms with Crippen LogP contribution < -0.4 is 5.32 Å². The molecule has 0 radical (unpaired) electrons. The van der Waals surface area contributed by atoms with Gasteiger partial charge in [-0.1, -0.05) is 0 Å². The van der Waals surface area contributed by atoms with Crippen LogP contribution in [0, 0.1) is 39.7 Å². The standard InChI is InChI=1S/C12H8N4O4/c1-7-2-9(16(19)20)3-10(12(17)18)11(7)15-6-8(4-13)5-14/h2-3,6,15H,1H3,(H,17,18). The molecule has 0 aromatic heterocycles. The Kier molecular flexibility index (Phi) is 4.38. The van der Waals surface area contributed by atoms with E-state index in [4.69, 9.17) is 15.6 Å². The number of anilines is 1. The maximum Gasteiger partial charge on any atom is 0.338 e. The molecule has 20 heavy (non-hydrogen) atoms. The van der Waals surface area contributed by atoms with Gasteiger partial charge in [-0.2, -0.15) is 10.5 Å².